The molecule has 0 radical (unpaired) electrons. The van der Waals surface area contributed by atoms with Crippen molar-refractivity contribution in [3.8, 4) is 0 Å². The van der Waals surface area contributed by atoms with Crippen molar-refractivity contribution in [2.75, 3.05) is 0 Å². The van der Waals surface area contributed by atoms with Crippen molar-refractivity contribution in [1.29, 1.82) is 0 Å². The Bertz CT molecular complexity index is 1250. The predicted molar refractivity (Wildman–Crippen MR) is 224 cm³/mol. The topological polar surface area (TPSA) is 91.8 Å². The summed E-state index contributed by atoms with van der Waals surface area (Å²) in [7, 11) is -4.34. The third kappa shape index (κ3) is 13.8. The minimum atomic E-state index is -2.25. The van der Waals surface area contributed by atoms with Crippen molar-refractivity contribution >= 4 is 74.7 Å². The minimum absolute atomic E-state index is 0.0173. The SMILES string of the molecule is CC[Si](CC)(CC)O[C@@H]([C@@H](C)CCC=O)[C@@H](C)C(=O)C(C)(C)[C@H](CC(=O)O[C@@H](C/C=C(/C)I)/C(C)=C/c1csc(C)n1)O[Si](CC)(CC)CC. The average molecular weight is 862 g/mol. The highest BCUT2D eigenvalue weighted by molar-refractivity contribution is 14.1. The summed E-state index contributed by atoms with van der Waals surface area (Å²) in [6.45, 7) is 27.0. The van der Waals surface area contributed by atoms with Gasteiger partial charge < -0.3 is 18.4 Å². The first-order chi connectivity index (χ1) is 23.4. The van der Waals surface area contributed by atoms with Crippen LogP contribution in [0.5, 0.6) is 0 Å². The summed E-state index contributed by atoms with van der Waals surface area (Å²) in [5, 5.41) is 2.99. The van der Waals surface area contributed by atoms with Gasteiger partial charge in [0.05, 0.1) is 29.3 Å². The van der Waals surface area contributed by atoms with Crippen LogP contribution in [0.2, 0.25) is 36.3 Å². The Morgan fingerprint density at radius 2 is 1.50 bits per heavy atom. The van der Waals surface area contributed by atoms with Gasteiger partial charge in [-0.1, -0.05) is 75.3 Å². The Labute approximate surface area is 324 Å². The Balaban J connectivity index is 3.60. The van der Waals surface area contributed by atoms with E-state index in [1.165, 1.54) is 0 Å². The molecule has 0 N–H and O–H groups in total. The van der Waals surface area contributed by atoms with Gasteiger partial charge in [0.2, 0.25) is 0 Å². The lowest BCUT2D eigenvalue weighted by Crippen LogP contribution is -2.53. The molecule has 1 heterocycles. The maximum absolute atomic E-state index is 14.8. The average Bonchev–Trinajstić information content (AvgIpc) is 3.51. The van der Waals surface area contributed by atoms with Crippen LogP contribution in [0.1, 0.15) is 119 Å². The summed E-state index contributed by atoms with van der Waals surface area (Å²) in [4.78, 5) is 44.8. The standard InChI is InChI=1S/C39H68INO6SSi2/c1-14-49(15-2,16-3)46-35(26-36(43)45-34(23-22-30(9)40)29(8)25-33-27-48-32(11)41-33)39(12,13)38(44)31(10)37(28(7)21-20-24-42)47-50(17-4,18-5)19-6/h22,24-25,27-28,31,34-35,37H,14-21,23,26H2,1-13H3/b29-25+,30-22-/t28-,31+,34-,35-,37-/m0/s1. The third-order valence-corrected chi connectivity index (χ3v) is 21.6. The highest BCUT2D eigenvalue weighted by Crippen LogP contribution is 2.39. The monoisotopic (exact) mass is 861 g/mol. The largest absolute Gasteiger partial charge is 0.457 e. The Hall–Kier alpha value is -0.996. The number of hydrogen-bond acceptors (Lipinski definition) is 8. The molecular weight excluding hydrogens is 794 g/mol. The van der Waals surface area contributed by atoms with Crippen molar-refractivity contribution in [2.45, 2.75) is 170 Å². The summed E-state index contributed by atoms with van der Waals surface area (Å²) >= 11 is 3.86. The van der Waals surface area contributed by atoms with Gasteiger partial charge in [0.15, 0.2) is 16.6 Å². The number of thiazole rings is 1. The van der Waals surface area contributed by atoms with E-state index in [1.807, 2.05) is 53.0 Å². The van der Waals surface area contributed by atoms with Crippen LogP contribution in [0.15, 0.2) is 20.6 Å². The van der Waals surface area contributed by atoms with E-state index < -0.39 is 40.2 Å². The number of carbonyl (C=O) groups excluding carboxylic acids is 3. The highest BCUT2D eigenvalue weighted by Gasteiger charge is 2.48. The molecule has 0 bridgehead atoms. The van der Waals surface area contributed by atoms with E-state index in [0.29, 0.717) is 19.3 Å². The molecule has 1 aromatic heterocycles. The predicted octanol–water partition coefficient (Wildman–Crippen LogP) is 11.5. The lowest BCUT2D eigenvalue weighted by atomic mass is 9.73. The van der Waals surface area contributed by atoms with E-state index in [1.54, 1.807) is 11.3 Å². The van der Waals surface area contributed by atoms with Gasteiger partial charge in [-0.2, -0.15) is 0 Å². The number of ketones is 1. The fourth-order valence-corrected chi connectivity index (χ4v) is 13.7. The summed E-state index contributed by atoms with van der Waals surface area (Å²) in [5.74, 6) is -0.756. The molecule has 0 spiro atoms. The van der Waals surface area contributed by atoms with Crippen molar-refractivity contribution in [3.63, 3.8) is 0 Å². The molecular formula is C39H68INO6SSi2. The fraction of sp³-hybridized carbons (Fsp3) is 0.744. The molecule has 286 valence electrons. The molecule has 0 amide bonds. The van der Waals surface area contributed by atoms with Crippen LogP contribution < -0.4 is 0 Å². The molecule has 0 aliphatic rings. The number of Topliss-reactive ketones (excluding diaryl/α,β-unsaturated/α-hetero) is 1. The van der Waals surface area contributed by atoms with Gasteiger partial charge in [-0.15, -0.1) is 11.3 Å². The molecule has 0 fully saturated rings. The maximum Gasteiger partial charge on any atom is 0.309 e. The molecule has 0 saturated carbocycles. The number of aryl methyl sites for hydroxylation is 1. The molecule has 11 heteroatoms. The first-order valence-corrected chi connectivity index (χ1v) is 25.9. The number of ether oxygens (including phenoxy) is 1. The second-order valence-corrected chi connectivity index (χ2v) is 26.9. The zero-order valence-electron chi connectivity index (χ0n) is 33.5. The van der Waals surface area contributed by atoms with Crippen molar-refractivity contribution in [1.82, 2.24) is 4.98 Å². The van der Waals surface area contributed by atoms with Crippen LogP contribution in [0.3, 0.4) is 0 Å². The van der Waals surface area contributed by atoms with Gasteiger partial charge in [-0.3, -0.25) is 9.59 Å². The molecule has 0 unspecified atom stereocenters. The highest BCUT2D eigenvalue weighted by atomic mass is 127. The quantitative estimate of drug-likeness (QED) is 0.0418. The second-order valence-electron chi connectivity index (χ2n) is 14.7. The molecule has 0 aliphatic heterocycles. The minimum Gasteiger partial charge on any atom is -0.457 e. The first kappa shape index (κ1) is 47.0. The van der Waals surface area contributed by atoms with E-state index in [2.05, 4.69) is 82.1 Å². The zero-order valence-corrected chi connectivity index (χ0v) is 38.4. The Kier molecular flexibility index (Phi) is 20.9. The lowest BCUT2D eigenvalue weighted by Gasteiger charge is -2.44. The van der Waals surface area contributed by atoms with E-state index in [4.69, 9.17) is 13.6 Å². The van der Waals surface area contributed by atoms with Crippen LogP contribution in [-0.4, -0.2) is 58.0 Å². The van der Waals surface area contributed by atoms with Crippen molar-refractivity contribution in [3.05, 3.63) is 31.3 Å². The number of hydrogen-bond donors (Lipinski definition) is 0. The van der Waals surface area contributed by atoms with E-state index >= 15 is 0 Å². The molecule has 7 nitrogen and oxygen atoms in total. The van der Waals surface area contributed by atoms with Crippen LogP contribution in [0.4, 0.5) is 0 Å². The second kappa shape index (κ2) is 22.3. The Morgan fingerprint density at radius 1 is 0.960 bits per heavy atom. The molecule has 0 aromatic carbocycles. The van der Waals surface area contributed by atoms with E-state index in [0.717, 1.165) is 62.4 Å². The number of halogens is 1. The van der Waals surface area contributed by atoms with E-state index in [9.17, 15) is 14.4 Å². The van der Waals surface area contributed by atoms with Gasteiger partial charge in [-0.05, 0) is 107 Å². The van der Waals surface area contributed by atoms with Crippen molar-refractivity contribution < 1.29 is 28.0 Å². The van der Waals surface area contributed by atoms with E-state index in [-0.39, 0.29) is 30.2 Å². The van der Waals surface area contributed by atoms with Crippen LogP contribution in [0, 0.1) is 24.2 Å². The number of rotatable bonds is 25. The van der Waals surface area contributed by atoms with Crippen LogP contribution >= 0.6 is 33.9 Å². The fourth-order valence-electron chi connectivity index (χ4n) is 6.86. The summed E-state index contributed by atoms with van der Waals surface area (Å²) in [5.41, 5.74) is 0.778. The van der Waals surface area contributed by atoms with Gasteiger partial charge in [0, 0.05) is 29.6 Å². The number of aldehydes is 1. The van der Waals surface area contributed by atoms with Crippen molar-refractivity contribution in [2.24, 2.45) is 17.3 Å². The van der Waals surface area contributed by atoms with Crippen LogP contribution in [-0.2, 0) is 28.0 Å². The van der Waals surface area contributed by atoms with Gasteiger partial charge >= 0.3 is 5.97 Å². The molecule has 0 aliphatic carbocycles. The maximum atomic E-state index is 14.8. The molecule has 5 atom stereocenters. The van der Waals surface area contributed by atoms with Crippen LogP contribution in [0.25, 0.3) is 6.08 Å². The third-order valence-electron chi connectivity index (χ3n) is 11.1. The van der Waals surface area contributed by atoms with Gasteiger partial charge in [0.1, 0.15) is 18.2 Å². The smallest absolute Gasteiger partial charge is 0.309 e. The lowest BCUT2D eigenvalue weighted by molar-refractivity contribution is -0.153. The number of carbonyl (C=O) groups is 3. The Morgan fingerprint density at radius 3 is 1.96 bits per heavy atom. The first-order valence-electron chi connectivity index (χ1n) is 18.9. The van der Waals surface area contributed by atoms with Gasteiger partial charge in [0.25, 0.3) is 0 Å². The summed E-state index contributed by atoms with van der Waals surface area (Å²) in [6, 6.07) is 5.61. The molecule has 1 rings (SSSR count). The number of esters is 1. The summed E-state index contributed by atoms with van der Waals surface area (Å²) in [6.07, 6.45) is 5.20. The number of nitrogens with zero attached hydrogens (tertiary/aromatic N) is 1. The van der Waals surface area contributed by atoms with Gasteiger partial charge in [-0.25, -0.2) is 4.98 Å². The molecule has 0 saturated heterocycles. The normalized spacial score (nSPS) is 16.4. The molecule has 50 heavy (non-hydrogen) atoms. The zero-order chi connectivity index (χ0) is 38.3. The molecule has 1 aromatic rings. The number of aromatic nitrogens is 1. The number of allylic oxidation sites excluding steroid dienone is 1. The summed E-state index contributed by atoms with van der Waals surface area (Å²) < 4.78 is 21.6.